The van der Waals surface area contributed by atoms with E-state index >= 15 is 0 Å². The molecule has 0 saturated carbocycles. The second-order valence-electron chi connectivity index (χ2n) is 7.10. The second-order valence-corrected chi connectivity index (χ2v) is 7.10. The smallest absolute Gasteiger partial charge is 0.328 e. The molecule has 0 aliphatic heterocycles. The van der Waals surface area contributed by atoms with E-state index in [-0.39, 0.29) is 0 Å². The molecule has 0 radical (unpaired) electrons. The topological polar surface area (TPSA) is 37.3 Å². The van der Waals surface area contributed by atoms with Gasteiger partial charge in [-0.2, -0.15) is 0 Å². The van der Waals surface area contributed by atoms with Crippen molar-refractivity contribution in [3.63, 3.8) is 0 Å². The molecule has 0 atom stereocenters. The van der Waals surface area contributed by atoms with Crippen LogP contribution in [-0.2, 0) is 4.79 Å². The van der Waals surface area contributed by atoms with E-state index in [2.05, 4.69) is 33.8 Å². The maximum atomic E-state index is 10.5. The summed E-state index contributed by atoms with van der Waals surface area (Å²) >= 11 is 0. The van der Waals surface area contributed by atoms with Gasteiger partial charge in [0.1, 0.15) is 0 Å². The predicted octanol–water partition coefficient (Wildman–Crippen LogP) is 5.83. The Morgan fingerprint density at radius 2 is 2.00 bits per heavy atom. The van der Waals surface area contributed by atoms with Gasteiger partial charge in [-0.1, -0.05) is 48.8 Å². The minimum absolute atomic E-state index is 0.346. The zero-order valence-corrected chi connectivity index (χ0v) is 14.7. The Labute approximate surface area is 135 Å². The van der Waals surface area contributed by atoms with E-state index in [1.807, 2.05) is 12.2 Å². The number of allylic oxidation sites excluding steroid dienone is 7. The Morgan fingerprint density at radius 1 is 1.32 bits per heavy atom. The van der Waals surface area contributed by atoms with Crippen LogP contribution in [0.15, 0.2) is 46.6 Å². The lowest BCUT2D eigenvalue weighted by atomic mass is 9.71. The van der Waals surface area contributed by atoms with Gasteiger partial charge in [0.05, 0.1) is 0 Å². The van der Waals surface area contributed by atoms with Crippen LogP contribution in [0.1, 0.15) is 66.7 Å². The van der Waals surface area contributed by atoms with Gasteiger partial charge in [-0.15, -0.1) is 0 Å². The Morgan fingerprint density at radius 3 is 2.59 bits per heavy atom. The molecule has 0 aromatic rings. The molecule has 2 heteroatoms. The third-order valence-corrected chi connectivity index (χ3v) is 4.55. The molecule has 0 fully saturated rings. The van der Waals surface area contributed by atoms with Gasteiger partial charge in [-0.25, -0.2) is 4.79 Å². The number of carbonyl (C=O) groups is 1. The van der Waals surface area contributed by atoms with Gasteiger partial charge >= 0.3 is 5.97 Å². The minimum Gasteiger partial charge on any atom is -0.478 e. The van der Waals surface area contributed by atoms with Crippen LogP contribution in [-0.4, -0.2) is 11.1 Å². The van der Waals surface area contributed by atoms with Crippen LogP contribution in [0.25, 0.3) is 0 Å². The Balaban J connectivity index is 2.62. The highest BCUT2D eigenvalue weighted by Gasteiger charge is 2.27. The zero-order valence-electron chi connectivity index (χ0n) is 14.7. The molecular weight excluding hydrogens is 272 g/mol. The lowest BCUT2D eigenvalue weighted by Crippen LogP contribution is -2.20. The molecule has 1 aliphatic carbocycles. The molecule has 0 aromatic heterocycles. The standard InChI is InChI=1S/C20H30O2/c1-15(8-6-9-16(2)14-19(21)22)11-12-18-17(3)10-7-13-20(18,4)5/h6,8-9,14H,7,10-13H2,1-5H3,(H,21,22)/b9-6+,15-8+,16-14-. The average molecular weight is 302 g/mol. The highest BCUT2D eigenvalue weighted by molar-refractivity contribution is 5.81. The van der Waals surface area contributed by atoms with E-state index in [0.29, 0.717) is 5.41 Å². The van der Waals surface area contributed by atoms with Crippen LogP contribution in [0.4, 0.5) is 0 Å². The first-order valence-electron chi connectivity index (χ1n) is 8.16. The van der Waals surface area contributed by atoms with Crippen molar-refractivity contribution in [3.8, 4) is 0 Å². The first-order chi connectivity index (χ1) is 10.2. The van der Waals surface area contributed by atoms with Gasteiger partial charge < -0.3 is 5.11 Å². The van der Waals surface area contributed by atoms with Crippen molar-refractivity contribution in [3.05, 3.63) is 46.6 Å². The van der Waals surface area contributed by atoms with Gasteiger partial charge in [0.15, 0.2) is 0 Å². The zero-order chi connectivity index (χ0) is 16.8. The molecule has 0 aromatic carbocycles. The van der Waals surface area contributed by atoms with Crippen LogP contribution in [0, 0.1) is 5.41 Å². The molecular formula is C20H30O2. The highest BCUT2D eigenvalue weighted by Crippen LogP contribution is 2.42. The lowest BCUT2D eigenvalue weighted by Gasteiger charge is -2.34. The second kappa shape index (κ2) is 8.17. The third kappa shape index (κ3) is 6.05. The van der Waals surface area contributed by atoms with Crippen molar-refractivity contribution < 1.29 is 9.90 Å². The van der Waals surface area contributed by atoms with Crippen molar-refractivity contribution >= 4 is 5.97 Å². The maximum absolute atomic E-state index is 10.5. The van der Waals surface area contributed by atoms with Gasteiger partial charge in [0, 0.05) is 6.08 Å². The molecule has 1 rings (SSSR count). The van der Waals surface area contributed by atoms with Crippen LogP contribution >= 0.6 is 0 Å². The van der Waals surface area contributed by atoms with E-state index in [4.69, 9.17) is 5.11 Å². The van der Waals surface area contributed by atoms with E-state index in [1.54, 1.807) is 18.1 Å². The summed E-state index contributed by atoms with van der Waals surface area (Å²) in [7, 11) is 0. The van der Waals surface area contributed by atoms with Crippen molar-refractivity contribution in [2.24, 2.45) is 5.41 Å². The summed E-state index contributed by atoms with van der Waals surface area (Å²) in [4.78, 5) is 10.5. The molecule has 0 amide bonds. The highest BCUT2D eigenvalue weighted by atomic mass is 16.4. The summed E-state index contributed by atoms with van der Waals surface area (Å²) in [5.74, 6) is -0.898. The fourth-order valence-electron chi connectivity index (χ4n) is 3.24. The van der Waals surface area contributed by atoms with Crippen molar-refractivity contribution in [1.29, 1.82) is 0 Å². The fourth-order valence-corrected chi connectivity index (χ4v) is 3.24. The molecule has 0 spiro atoms. The third-order valence-electron chi connectivity index (χ3n) is 4.55. The van der Waals surface area contributed by atoms with Crippen LogP contribution in [0.5, 0.6) is 0 Å². The van der Waals surface area contributed by atoms with Crippen molar-refractivity contribution in [1.82, 2.24) is 0 Å². The number of hydrogen-bond donors (Lipinski definition) is 1. The molecule has 0 bridgehead atoms. The SMILES string of the molecule is CC1=C(CC/C(C)=C/C=C/C(C)=C\C(=O)O)C(C)(C)CCC1. The van der Waals surface area contributed by atoms with Crippen molar-refractivity contribution in [2.45, 2.75) is 66.7 Å². The first kappa shape index (κ1) is 18.5. The molecule has 2 nitrogen and oxygen atoms in total. The van der Waals surface area contributed by atoms with Crippen LogP contribution < -0.4 is 0 Å². The van der Waals surface area contributed by atoms with Gasteiger partial charge in [0.25, 0.3) is 0 Å². The summed E-state index contributed by atoms with van der Waals surface area (Å²) < 4.78 is 0. The van der Waals surface area contributed by atoms with Gasteiger partial charge in [-0.3, -0.25) is 0 Å². The molecule has 122 valence electrons. The fraction of sp³-hybridized carbons (Fsp3) is 0.550. The number of rotatable bonds is 6. The lowest BCUT2D eigenvalue weighted by molar-refractivity contribution is -0.131. The van der Waals surface area contributed by atoms with E-state index in [9.17, 15) is 4.79 Å². The first-order valence-corrected chi connectivity index (χ1v) is 8.16. The summed E-state index contributed by atoms with van der Waals surface area (Å²) in [6.07, 6.45) is 13.2. The number of aliphatic carboxylic acids is 1. The van der Waals surface area contributed by atoms with Crippen LogP contribution in [0.3, 0.4) is 0 Å². The van der Waals surface area contributed by atoms with Gasteiger partial charge in [-0.05, 0) is 63.9 Å². The molecule has 0 heterocycles. The van der Waals surface area contributed by atoms with E-state index in [1.165, 1.54) is 30.9 Å². The summed E-state index contributed by atoms with van der Waals surface area (Å²) in [6.45, 7) is 11.0. The predicted molar refractivity (Wildman–Crippen MR) is 93.9 cm³/mol. The Kier molecular flexibility index (Phi) is 6.86. The summed E-state index contributed by atoms with van der Waals surface area (Å²) in [5.41, 5.74) is 5.65. The van der Waals surface area contributed by atoms with E-state index in [0.717, 1.165) is 18.4 Å². The number of carboxylic acid groups (broad SMARTS) is 1. The minimum atomic E-state index is -0.898. The summed E-state index contributed by atoms with van der Waals surface area (Å²) in [6, 6.07) is 0. The monoisotopic (exact) mass is 302 g/mol. The molecule has 0 unspecified atom stereocenters. The van der Waals surface area contributed by atoms with E-state index < -0.39 is 5.97 Å². The Hall–Kier alpha value is -1.57. The molecule has 1 N–H and O–H groups in total. The van der Waals surface area contributed by atoms with Crippen molar-refractivity contribution in [2.75, 3.05) is 0 Å². The average Bonchev–Trinajstić information content (AvgIpc) is 2.36. The Bertz CT molecular complexity index is 528. The van der Waals surface area contributed by atoms with Crippen LogP contribution in [0.2, 0.25) is 0 Å². The summed E-state index contributed by atoms with van der Waals surface area (Å²) in [5, 5.41) is 8.66. The molecule has 1 aliphatic rings. The maximum Gasteiger partial charge on any atom is 0.328 e. The number of carboxylic acids is 1. The van der Waals surface area contributed by atoms with Gasteiger partial charge in [0.2, 0.25) is 0 Å². The quantitative estimate of drug-likeness (QED) is 0.381. The largest absolute Gasteiger partial charge is 0.478 e. The normalized spacial score (nSPS) is 19.9. The molecule has 0 saturated heterocycles. The molecule has 22 heavy (non-hydrogen) atoms. The number of hydrogen-bond acceptors (Lipinski definition) is 1.